The fourth-order valence-electron chi connectivity index (χ4n) is 1.12. The molecular weight excluding hydrogens is 359 g/mol. The molecule has 2 heterocycles. The van der Waals surface area contributed by atoms with Crippen LogP contribution in [0.3, 0.4) is 0 Å². The molecule has 0 amide bonds. The van der Waals surface area contributed by atoms with Gasteiger partial charge < -0.3 is 4.74 Å². The first-order valence-electron chi connectivity index (χ1n) is 4.51. The highest BCUT2D eigenvalue weighted by molar-refractivity contribution is 14.1. The maximum Gasteiger partial charge on any atom is 0.151 e. The molecule has 0 fully saturated rings. The number of hydrogen-bond acceptors (Lipinski definition) is 4. The molecule has 3 nitrogen and oxygen atoms in total. The van der Waals surface area contributed by atoms with E-state index in [1.54, 1.807) is 17.4 Å². The van der Waals surface area contributed by atoms with Gasteiger partial charge in [0.2, 0.25) is 0 Å². The number of pyridine rings is 1. The molecule has 0 unspecified atom stereocenters. The van der Waals surface area contributed by atoms with Crippen LogP contribution in [0, 0.1) is 10.6 Å². The molecule has 6 heteroatoms. The standard InChI is InChI=1S/C10H8ClIN2OS/c1-6-5-16-9(13-6)4-15-7-2-3-8(11)14-10(7)12/h2-3,5H,4H2,1H3. The summed E-state index contributed by atoms with van der Waals surface area (Å²) in [4.78, 5) is 8.42. The van der Waals surface area contributed by atoms with E-state index >= 15 is 0 Å². The van der Waals surface area contributed by atoms with Gasteiger partial charge in [0.1, 0.15) is 20.5 Å². The zero-order chi connectivity index (χ0) is 11.5. The first kappa shape index (κ1) is 12.1. The van der Waals surface area contributed by atoms with Gasteiger partial charge >= 0.3 is 0 Å². The summed E-state index contributed by atoms with van der Waals surface area (Å²) in [6.45, 7) is 2.44. The average Bonchev–Trinajstić information content (AvgIpc) is 2.63. The molecule has 0 atom stereocenters. The molecule has 0 aliphatic rings. The highest BCUT2D eigenvalue weighted by atomic mass is 127. The van der Waals surface area contributed by atoms with E-state index in [-0.39, 0.29) is 0 Å². The second-order valence-corrected chi connectivity index (χ2v) is 5.45. The van der Waals surface area contributed by atoms with Crippen LogP contribution >= 0.6 is 45.5 Å². The molecule has 84 valence electrons. The highest BCUT2D eigenvalue weighted by Crippen LogP contribution is 2.22. The van der Waals surface area contributed by atoms with Gasteiger partial charge in [-0.3, -0.25) is 0 Å². The lowest BCUT2D eigenvalue weighted by Crippen LogP contribution is -1.97. The Morgan fingerprint density at radius 3 is 2.88 bits per heavy atom. The van der Waals surface area contributed by atoms with Gasteiger partial charge in [-0.05, 0) is 41.6 Å². The van der Waals surface area contributed by atoms with E-state index in [9.17, 15) is 0 Å². The zero-order valence-corrected chi connectivity index (χ0v) is 12.1. The molecule has 0 aliphatic carbocycles. The van der Waals surface area contributed by atoms with Gasteiger partial charge in [-0.1, -0.05) is 11.6 Å². The van der Waals surface area contributed by atoms with Crippen molar-refractivity contribution in [2.24, 2.45) is 0 Å². The molecule has 0 spiro atoms. The Hall–Kier alpha value is -0.400. The third-order valence-corrected chi connectivity index (χ3v) is 3.72. The summed E-state index contributed by atoms with van der Waals surface area (Å²) in [5.74, 6) is 0.734. The van der Waals surface area contributed by atoms with Crippen molar-refractivity contribution < 1.29 is 4.74 Å². The van der Waals surface area contributed by atoms with E-state index in [2.05, 4.69) is 32.6 Å². The van der Waals surface area contributed by atoms with Gasteiger partial charge in [0.25, 0.3) is 0 Å². The fourth-order valence-corrected chi connectivity index (χ4v) is 2.68. The van der Waals surface area contributed by atoms with Crippen LogP contribution in [-0.2, 0) is 6.61 Å². The number of hydrogen-bond donors (Lipinski definition) is 0. The Balaban J connectivity index is 2.04. The van der Waals surface area contributed by atoms with Crippen LogP contribution in [0.5, 0.6) is 5.75 Å². The molecule has 2 aromatic heterocycles. The number of nitrogens with zero attached hydrogens (tertiary/aromatic N) is 2. The summed E-state index contributed by atoms with van der Waals surface area (Å²) in [5.41, 5.74) is 1.02. The number of halogens is 2. The van der Waals surface area contributed by atoms with Crippen molar-refractivity contribution in [1.82, 2.24) is 9.97 Å². The Bertz CT molecular complexity index is 503. The topological polar surface area (TPSA) is 35.0 Å². The zero-order valence-electron chi connectivity index (χ0n) is 8.41. The fraction of sp³-hybridized carbons (Fsp3) is 0.200. The van der Waals surface area contributed by atoms with Crippen molar-refractivity contribution >= 4 is 45.5 Å². The summed E-state index contributed by atoms with van der Waals surface area (Å²) in [6.07, 6.45) is 0. The molecule has 16 heavy (non-hydrogen) atoms. The van der Waals surface area contributed by atoms with Crippen LogP contribution in [0.1, 0.15) is 10.7 Å². The predicted octanol–water partition coefficient (Wildman–Crippen LogP) is 3.68. The van der Waals surface area contributed by atoms with Crippen LogP contribution in [0.2, 0.25) is 5.15 Å². The van der Waals surface area contributed by atoms with Crippen molar-refractivity contribution in [3.05, 3.63) is 37.1 Å². The molecule has 0 saturated heterocycles. The van der Waals surface area contributed by atoms with Crippen molar-refractivity contribution in [1.29, 1.82) is 0 Å². The van der Waals surface area contributed by atoms with Crippen LogP contribution < -0.4 is 4.74 Å². The van der Waals surface area contributed by atoms with Crippen molar-refractivity contribution in [2.45, 2.75) is 13.5 Å². The summed E-state index contributed by atoms with van der Waals surface area (Å²) in [6, 6.07) is 3.53. The Kier molecular flexibility index (Phi) is 3.99. The molecule has 0 bridgehead atoms. The summed E-state index contributed by atoms with van der Waals surface area (Å²) < 4.78 is 6.37. The first-order valence-corrected chi connectivity index (χ1v) is 6.84. The summed E-state index contributed by atoms with van der Waals surface area (Å²) >= 11 is 9.44. The number of aryl methyl sites for hydroxylation is 1. The minimum atomic E-state index is 0.470. The first-order chi connectivity index (χ1) is 7.65. The monoisotopic (exact) mass is 366 g/mol. The van der Waals surface area contributed by atoms with Gasteiger partial charge in [-0.25, -0.2) is 9.97 Å². The van der Waals surface area contributed by atoms with E-state index in [1.807, 2.05) is 18.4 Å². The second kappa shape index (κ2) is 5.29. The van der Waals surface area contributed by atoms with E-state index in [1.165, 1.54) is 0 Å². The molecule has 0 N–H and O–H groups in total. The molecule has 0 radical (unpaired) electrons. The second-order valence-electron chi connectivity index (χ2n) is 3.09. The van der Waals surface area contributed by atoms with Crippen molar-refractivity contribution in [3.63, 3.8) is 0 Å². The molecule has 0 aromatic carbocycles. The smallest absolute Gasteiger partial charge is 0.151 e. The third-order valence-electron chi connectivity index (χ3n) is 1.80. The lowest BCUT2D eigenvalue weighted by atomic mass is 10.5. The van der Waals surface area contributed by atoms with Gasteiger partial charge in [-0.15, -0.1) is 11.3 Å². The van der Waals surface area contributed by atoms with E-state index in [0.717, 1.165) is 20.2 Å². The van der Waals surface area contributed by atoms with Crippen molar-refractivity contribution in [3.8, 4) is 5.75 Å². The Morgan fingerprint density at radius 2 is 2.25 bits per heavy atom. The Labute approximate surface area is 116 Å². The van der Waals surface area contributed by atoms with E-state index in [4.69, 9.17) is 16.3 Å². The number of thiazole rings is 1. The SMILES string of the molecule is Cc1csc(COc2ccc(Cl)nc2I)n1. The minimum Gasteiger partial charge on any atom is -0.484 e. The largest absolute Gasteiger partial charge is 0.484 e. The Morgan fingerprint density at radius 1 is 1.44 bits per heavy atom. The molecule has 0 aliphatic heterocycles. The lowest BCUT2D eigenvalue weighted by Gasteiger charge is -2.05. The van der Waals surface area contributed by atoms with Crippen LogP contribution in [0.25, 0.3) is 0 Å². The van der Waals surface area contributed by atoms with Crippen LogP contribution in [-0.4, -0.2) is 9.97 Å². The maximum atomic E-state index is 5.76. The number of ether oxygens (including phenoxy) is 1. The number of aromatic nitrogens is 2. The number of rotatable bonds is 3. The minimum absolute atomic E-state index is 0.470. The molecule has 2 aromatic rings. The van der Waals surface area contributed by atoms with E-state index < -0.39 is 0 Å². The predicted molar refractivity (Wildman–Crippen MR) is 73.1 cm³/mol. The van der Waals surface area contributed by atoms with Gasteiger partial charge in [0.15, 0.2) is 5.75 Å². The quantitative estimate of drug-likeness (QED) is 0.614. The maximum absolute atomic E-state index is 5.76. The van der Waals surface area contributed by atoms with Gasteiger partial charge in [-0.2, -0.15) is 0 Å². The van der Waals surface area contributed by atoms with Crippen LogP contribution in [0.4, 0.5) is 0 Å². The van der Waals surface area contributed by atoms with Crippen LogP contribution in [0.15, 0.2) is 17.5 Å². The van der Waals surface area contributed by atoms with E-state index in [0.29, 0.717) is 11.8 Å². The highest BCUT2D eigenvalue weighted by Gasteiger charge is 2.05. The van der Waals surface area contributed by atoms with Gasteiger partial charge in [0.05, 0.1) is 0 Å². The van der Waals surface area contributed by atoms with Gasteiger partial charge in [0, 0.05) is 11.1 Å². The summed E-state index contributed by atoms with van der Waals surface area (Å²) in [7, 11) is 0. The average molecular weight is 367 g/mol. The normalized spacial score (nSPS) is 10.4. The molecule has 2 rings (SSSR count). The van der Waals surface area contributed by atoms with Crippen molar-refractivity contribution in [2.75, 3.05) is 0 Å². The molecular formula is C10H8ClIN2OS. The molecule has 0 saturated carbocycles. The third kappa shape index (κ3) is 3.05. The lowest BCUT2D eigenvalue weighted by molar-refractivity contribution is 0.301. The summed E-state index contributed by atoms with van der Waals surface area (Å²) in [5, 5.41) is 3.44.